The minimum Gasteiger partial charge on any atom is -0.383 e. The Morgan fingerprint density at radius 2 is 1.74 bits per heavy atom. The largest absolute Gasteiger partial charge is 0.383 e. The standard InChI is InChI=1S/C33H40N4O2/c1-3-36(24-25-12-5-4-6-13-25)19-11-18-34-22-29-26-14-7-8-16-28(26)33(38)37(20-21-39-2)32(29)30-23-35-31-17-10-9-15-27(30)31/h4-10,12-17,23,29,32,34-35H,3,11,18-22,24H2,1-2H3. The predicted molar refractivity (Wildman–Crippen MR) is 158 cm³/mol. The second-order valence-corrected chi connectivity index (χ2v) is 10.3. The molecule has 2 N–H and O–H groups in total. The molecule has 0 fully saturated rings. The number of carbonyl (C=O) groups excluding carboxylic acids is 1. The third-order valence-corrected chi connectivity index (χ3v) is 7.93. The molecule has 2 atom stereocenters. The van der Waals surface area contributed by atoms with Crippen molar-refractivity contribution < 1.29 is 9.53 Å². The Hall–Kier alpha value is -3.45. The number of para-hydroxylation sites is 1. The van der Waals surface area contributed by atoms with Gasteiger partial charge in [0.25, 0.3) is 5.91 Å². The van der Waals surface area contributed by atoms with Crippen molar-refractivity contribution in [3.63, 3.8) is 0 Å². The first-order valence-corrected chi connectivity index (χ1v) is 14.1. The lowest BCUT2D eigenvalue weighted by Gasteiger charge is -2.42. The fourth-order valence-electron chi connectivity index (χ4n) is 5.93. The van der Waals surface area contributed by atoms with Gasteiger partial charge in [-0.15, -0.1) is 0 Å². The zero-order chi connectivity index (χ0) is 27.0. The van der Waals surface area contributed by atoms with Gasteiger partial charge in [0, 0.05) is 60.9 Å². The fourth-order valence-corrected chi connectivity index (χ4v) is 5.93. The quantitative estimate of drug-likeness (QED) is 0.224. The van der Waals surface area contributed by atoms with Gasteiger partial charge in [0.1, 0.15) is 0 Å². The number of amides is 1. The summed E-state index contributed by atoms with van der Waals surface area (Å²) in [6, 6.07) is 27.1. The molecule has 4 aromatic rings. The summed E-state index contributed by atoms with van der Waals surface area (Å²) >= 11 is 0. The first-order chi connectivity index (χ1) is 19.2. The van der Waals surface area contributed by atoms with E-state index < -0.39 is 0 Å². The molecular weight excluding hydrogens is 484 g/mol. The van der Waals surface area contributed by atoms with E-state index in [9.17, 15) is 4.79 Å². The van der Waals surface area contributed by atoms with Crippen LogP contribution in [0.1, 0.15) is 52.4 Å². The maximum Gasteiger partial charge on any atom is 0.254 e. The number of nitrogens with one attached hydrogen (secondary N) is 2. The van der Waals surface area contributed by atoms with E-state index in [-0.39, 0.29) is 17.9 Å². The summed E-state index contributed by atoms with van der Waals surface area (Å²) in [5.41, 5.74) is 5.54. The summed E-state index contributed by atoms with van der Waals surface area (Å²) in [6.45, 7) is 8.06. The van der Waals surface area contributed by atoms with Gasteiger partial charge in [-0.25, -0.2) is 0 Å². The first-order valence-electron chi connectivity index (χ1n) is 14.1. The average Bonchev–Trinajstić information content (AvgIpc) is 3.41. The fraction of sp³-hybridized carbons (Fsp3) is 0.364. The zero-order valence-electron chi connectivity index (χ0n) is 23.1. The van der Waals surface area contributed by atoms with Crippen molar-refractivity contribution in [1.82, 2.24) is 20.1 Å². The molecule has 204 valence electrons. The van der Waals surface area contributed by atoms with Crippen LogP contribution < -0.4 is 5.32 Å². The molecule has 1 aliphatic heterocycles. The van der Waals surface area contributed by atoms with Crippen LogP contribution in [-0.2, 0) is 11.3 Å². The topological polar surface area (TPSA) is 60.6 Å². The normalized spacial score (nSPS) is 17.2. The number of rotatable bonds is 13. The van der Waals surface area contributed by atoms with Gasteiger partial charge in [0.2, 0.25) is 0 Å². The minimum atomic E-state index is -0.0866. The van der Waals surface area contributed by atoms with E-state index >= 15 is 0 Å². The molecule has 0 saturated carbocycles. The van der Waals surface area contributed by atoms with Crippen LogP contribution in [0, 0.1) is 0 Å². The van der Waals surface area contributed by atoms with Gasteiger partial charge in [-0.1, -0.05) is 73.7 Å². The highest BCUT2D eigenvalue weighted by atomic mass is 16.5. The Morgan fingerprint density at radius 1 is 0.974 bits per heavy atom. The Morgan fingerprint density at radius 3 is 2.56 bits per heavy atom. The number of hydrogen-bond donors (Lipinski definition) is 2. The van der Waals surface area contributed by atoms with Crippen LogP contribution in [0.5, 0.6) is 0 Å². The molecule has 6 nitrogen and oxygen atoms in total. The van der Waals surface area contributed by atoms with Crippen molar-refractivity contribution in [3.8, 4) is 0 Å². The molecule has 3 aromatic carbocycles. The van der Waals surface area contributed by atoms with Crippen LogP contribution >= 0.6 is 0 Å². The molecule has 1 amide bonds. The third kappa shape index (κ3) is 6.09. The Labute approximate surface area is 232 Å². The van der Waals surface area contributed by atoms with Crippen LogP contribution in [0.4, 0.5) is 0 Å². The highest BCUT2D eigenvalue weighted by Crippen LogP contribution is 2.44. The molecule has 39 heavy (non-hydrogen) atoms. The summed E-state index contributed by atoms with van der Waals surface area (Å²) in [6.07, 6.45) is 3.16. The summed E-state index contributed by atoms with van der Waals surface area (Å²) in [4.78, 5) is 21.7. The molecule has 2 heterocycles. The molecule has 0 spiro atoms. The van der Waals surface area contributed by atoms with Crippen LogP contribution in [0.15, 0.2) is 85.1 Å². The monoisotopic (exact) mass is 524 g/mol. The molecule has 6 heteroatoms. The number of carbonyl (C=O) groups is 1. The average molecular weight is 525 g/mol. The van der Waals surface area contributed by atoms with Gasteiger partial charge in [-0.05, 0) is 49.3 Å². The number of fused-ring (bicyclic) bond motifs is 2. The SMILES string of the molecule is CCN(CCCNCC1c2ccccc2C(=O)N(CCOC)C1c1c[nH]c2ccccc12)Cc1ccccc1. The van der Waals surface area contributed by atoms with Crippen LogP contribution in [-0.4, -0.2) is 67.1 Å². The zero-order valence-corrected chi connectivity index (χ0v) is 23.1. The van der Waals surface area contributed by atoms with E-state index in [1.165, 1.54) is 10.9 Å². The molecule has 1 aromatic heterocycles. The van der Waals surface area contributed by atoms with Crippen molar-refractivity contribution in [3.05, 3.63) is 107 Å². The minimum absolute atomic E-state index is 0.0775. The summed E-state index contributed by atoms with van der Waals surface area (Å²) in [7, 11) is 1.69. The van der Waals surface area contributed by atoms with E-state index in [1.807, 2.05) is 23.1 Å². The molecule has 5 rings (SSSR count). The third-order valence-electron chi connectivity index (χ3n) is 7.93. The van der Waals surface area contributed by atoms with E-state index in [4.69, 9.17) is 4.74 Å². The molecule has 1 aliphatic rings. The Balaban J connectivity index is 1.34. The number of benzene rings is 3. The maximum absolute atomic E-state index is 13.8. The van der Waals surface area contributed by atoms with Gasteiger partial charge < -0.3 is 19.9 Å². The number of nitrogens with zero attached hydrogens (tertiary/aromatic N) is 2. The molecule has 2 unspecified atom stereocenters. The van der Waals surface area contributed by atoms with Crippen LogP contribution in [0.2, 0.25) is 0 Å². The first kappa shape index (κ1) is 27.1. The number of aromatic amines is 1. The van der Waals surface area contributed by atoms with Crippen LogP contribution in [0.25, 0.3) is 10.9 Å². The molecule has 0 aliphatic carbocycles. The lowest BCUT2D eigenvalue weighted by atomic mass is 9.79. The van der Waals surface area contributed by atoms with Gasteiger partial charge in [0.05, 0.1) is 12.6 Å². The molecule has 0 radical (unpaired) electrons. The lowest BCUT2D eigenvalue weighted by Crippen LogP contribution is -2.46. The van der Waals surface area contributed by atoms with E-state index in [1.54, 1.807) is 7.11 Å². The van der Waals surface area contributed by atoms with Crippen molar-refractivity contribution in [1.29, 1.82) is 0 Å². The molecular formula is C33H40N4O2. The second kappa shape index (κ2) is 13.1. The number of methoxy groups -OCH3 is 1. The summed E-state index contributed by atoms with van der Waals surface area (Å²) < 4.78 is 5.44. The van der Waals surface area contributed by atoms with Crippen molar-refractivity contribution in [2.75, 3.05) is 46.4 Å². The summed E-state index contributed by atoms with van der Waals surface area (Å²) in [5, 5.41) is 4.93. The van der Waals surface area contributed by atoms with Crippen molar-refractivity contribution in [2.24, 2.45) is 0 Å². The number of ether oxygens (including phenoxy) is 1. The highest BCUT2D eigenvalue weighted by molar-refractivity contribution is 5.98. The van der Waals surface area contributed by atoms with Gasteiger partial charge in [-0.3, -0.25) is 9.69 Å². The van der Waals surface area contributed by atoms with Crippen molar-refractivity contribution >= 4 is 16.8 Å². The lowest BCUT2D eigenvalue weighted by molar-refractivity contribution is 0.0524. The predicted octanol–water partition coefficient (Wildman–Crippen LogP) is 5.60. The maximum atomic E-state index is 13.8. The van der Waals surface area contributed by atoms with Crippen molar-refractivity contribution in [2.45, 2.75) is 31.8 Å². The Kier molecular flexibility index (Phi) is 9.09. The second-order valence-electron chi connectivity index (χ2n) is 10.3. The summed E-state index contributed by atoms with van der Waals surface area (Å²) in [5.74, 6) is 0.204. The van der Waals surface area contributed by atoms with Crippen LogP contribution in [0.3, 0.4) is 0 Å². The van der Waals surface area contributed by atoms with E-state index in [0.29, 0.717) is 13.2 Å². The smallest absolute Gasteiger partial charge is 0.254 e. The number of H-pyrrole nitrogens is 1. The molecule has 0 bridgehead atoms. The van der Waals surface area contributed by atoms with E-state index in [0.717, 1.165) is 61.4 Å². The van der Waals surface area contributed by atoms with Gasteiger partial charge in [0.15, 0.2) is 0 Å². The number of hydrogen-bond acceptors (Lipinski definition) is 4. The van der Waals surface area contributed by atoms with Gasteiger partial charge >= 0.3 is 0 Å². The number of aromatic nitrogens is 1. The van der Waals surface area contributed by atoms with Gasteiger partial charge in [-0.2, -0.15) is 0 Å². The highest BCUT2D eigenvalue weighted by Gasteiger charge is 2.41. The molecule has 0 saturated heterocycles. The van der Waals surface area contributed by atoms with E-state index in [2.05, 4.69) is 89.0 Å². The Bertz CT molecular complexity index is 1350.